The first kappa shape index (κ1) is 17.2. The fourth-order valence-corrected chi connectivity index (χ4v) is 2.78. The molecule has 138 valence electrons. The monoisotopic (exact) mass is 364 g/mol. The predicted octanol–water partition coefficient (Wildman–Crippen LogP) is 2.52. The molecule has 3 heterocycles. The summed E-state index contributed by atoms with van der Waals surface area (Å²) in [6.45, 7) is 3.14. The molecular weight excluding hydrogens is 344 g/mol. The molecule has 8 nitrogen and oxygen atoms in total. The first-order valence-corrected chi connectivity index (χ1v) is 8.73. The standard InChI is InChI=1S/C19H20N6O2/c1-26-19-23-17(22-18(24-19)21-15-5-3-2-4-6-15)14-7-8-16(20-13-14)25-9-11-27-12-10-25/h2-8,13H,9-12H2,1H3,(H,21,22,23,24). The van der Waals surface area contributed by atoms with Crippen LogP contribution in [0.2, 0.25) is 0 Å². The largest absolute Gasteiger partial charge is 0.467 e. The zero-order valence-corrected chi connectivity index (χ0v) is 15.0. The van der Waals surface area contributed by atoms with Crippen LogP contribution in [-0.2, 0) is 4.74 Å². The van der Waals surface area contributed by atoms with Crippen molar-refractivity contribution in [3.8, 4) is 17.4 Å². The number of nitrogens with one attached hydrogen (secondary N) is 1. The molecule has 1 aliphatic heterocycles. The molecule has 2 aromatic heterocycles. The summed E-state index contributed by atoms with van der Waals surface area (Å²) >= 11 is 0. The highest BCUT2D eigenvalue weighted by Gasteiger charge is 2.14. The van der Waals surface area contributed by atoms with Crippen molar-refractivity contribution >= 4 is 17.5 Å². The minimum Gasteiger partial charge on any atom is -0.467 e. The number of methoxy groups -OCH3 is 1. The second-order valence-electron chi connectivity index (χ2n) is 5.96. The van der Waals surface area contributed by atoms with Crippen LogP contribution in [0.1, 0.15) is 0 Å². The molecule has 8 heteroatoms. The SMILES string of the molecule is COc1nc(Nc2ccccc2)nc(-c2ccc(N3CCOCC3)nc2)n1. The van der Waals surface area contributed by atoms with Crippen molar-refractivity contribution in [2.75, 3.05) is 43.6 Å². The normalized spacial score (nSPS) is 14.0. The first-order valence-electron chi connectivity index (χ1n) is 8.73. The van der Waals surface area contributed by atoms with Gasteiger partial charge in [-0.05, 0) is 24.3 Å². The molecule has 3 aromatic rings. The molecule has 1 saturated heterocycles. The lowest BCUT2D eigenvalue weighted by atomic mass is 10.2. The number of ether oxygens (including phenoxy) is 2. The smallest absolute Gasteiger partial charge is 0.321 e. The number of nitrogens with zero attached hydrogens (tertiary/aromatic N) is 5. The third kappa shape index (κ3) is 4.12. The van der Waals surface area contributed by atoms with Crippen molar-refractivity contribution in [2.45, 2.75) is 0 Å². The molecule has 0 aliphatic carbocycles. The molecule has 1 N–H and O–H groups in total. The van der Waals surface area contributed by atoms with Gasteiger partial charge in [0, 0.05) is 30.5 Å². The molecule has 27 heavy (non-hydrogen) atoms. The Morgan fingerprint density at radius 3 is 2.52 bits per heavy atom. The van der Waals surface area contributed by atoms with E-state index >= 15 is 0 Å². The Morgan fingerprint density at radius 2 is 1.81 bits per heavy atom. The van der Waals surface area contributed by atoms with Crippen molar-refractivity contribution in [3.63, 3.8) is 0 Å². The van der Waals surface area contributed by atoms with E-state index in [-0.39, 0.29) is 6.01 Å². The summed E-state index contributed by atoms with van der Waals surface area (Å²) in [6.07, 6.45) is 1.77. The number of rotatable bonds is 5. The summed E-state index contributed by atoms with van der Waals surface area (Å²) in [5.74, 6) is 1.84. The highest BCUT2D eigenvalue weighted by Crippen LogP contribution is 2.22. The number of aromatic nitrogens is 4. The number of hydrogen-bond acceptors (Lipinski definition) is 8. The highest BCUT2D eigenvalue weighted by atomic mass is 16.5. The second kappa shape index (κ2) is 7.96. The van der Waals surface area contributed by atoms with Gasteiger partial charge in [0.05, 0.1) is 20.3 Å². The van der Waals surface area contributed by atoms with E-state index in [4.69, 9.17) is 9.47 Å². The van der Waals surface area contributed by atoms with Crippen molar-refractivity contribution in [1.82, 2.24) is 19.9 Å². The number of pyridine rings is 1. The van der Waals surface area contributed by atoms with E-state index in [2.05, 4.69) is 30.2 Å². The minimum absolute atomic E-state index is 0.246. The minimum atomic E-state index is 0.246. The number of benzene rings is 1. The summed E-state index contributed by atoms with van der Waals surface area (Å²) in [7, 11) is 1.53. The summed E-state index contributed by atoms with van der Waals surface area (Å²) in [4.78, 5) is 19.9. The fourth-order valence-electron chi connectivity index (χ4n) is 2.78. The lowest BCUT2D eigenvalue weighted by Gasteiger charge is -2.27. The predicted molar refractivity (Wildman–Crippen MR) is 102 cm³/mol. The zero-order chi connectivity index (χ0) is 18.5. The van der Waals surface area contributed by atoms with Crippen LogP contribution in [0.25, 0.3) is 11.4 Å². The third-order valence-corrected chi connectivity index (χ3v) is 4.17. The highest BCUT2D eigenvalue weighted by molar-refractivity contribution is 5.60. The first-order chi connectivity index (χ1) is 13.3. The Kier molecular flexibility index (Phi) is 5.06. The van der Waals surface area contributed by atoms with Gasteiger partial charge >= 0.3 is 6.01 Å². The molecule has 0 bridgehead atoms. The van der Waals surface area contributed by atoms with Crippen LogP contribution in [0.5, 0.6) is 6.01 Å². The van der Waals surface area contributed by atoms with Crippen LogP contribution >= 0.6 is 0 Å². The van der Waals surface area contributed by atoms with E-state index in [0.29, 0.717) is 11.8 Å². The molecule has 0 unspecified atom stereocenters. The number of para-hydroxylation sites is 1. The average Bonchev–Trinajstić information content (AvgIpc) is 2.75. The molecule has 1 fully saturated rings. The van der Waals surface area contributed by atoms with Crippen molar-refractivity contribution in [2.24, 2.45) is 0 Å². The van der Waals surface area contributed by atoms with E-state index in [9.17, 15) is 0 Å². The van der Waals surface area contributed by atoms with Gasteiger partial charge in [-0.1, -0.05) is 18.2 Å². The summed E-state index contributed by atoms with van der Waals surface area (Å²) < 4.78 is 10.6. The van der Waals surface area contributed by atoms with Gasteiger partial charge in [0.25, 0.3) is 0 Å². The number of morpholine rings is 1. The lowest BCUT2D eigenvalue weighted by molar-refractivity contribution is 0.122. The second-order valence-corrected chi connectivity index (χ2v) is 5.96. The topological polar surface area (TPSA) is 85.3 Å². The van der Waals surface area contributed by atoms with E-state index in [0.717, 1.165) is 43.4 Å². The van der Waals surface area contributed by atoms with E-state index < -0.39 is 0 Å². The average molecular weight is 364 g/mol. The van der Waals surface area contributed by atoms with Crippen LogP contribution in [-0.4, -0.2) is 53.3 Å². The van der Waals surface area contributed by atoms with Crippen LogP contribution in [0.15, 0.2) is 48.7 Å². The zero-order valence-electron chi connectivity index (χ0n) is 15.0. The van der Waals surface area contributed by atoms with Crippen LogP contribution in [0, 0.1) is 0 Å². The number of anilines is 3. The molecule has 0 atom stereocenters. The van der Waals surface area contributed by atoms with Gasteiger partial charge in [-0.2, -0.15) is 15.0 Å². The van der Waals surface area contributed by atoms with Crippen LogP contribution in [0.3, 0.4) is 0 Å². The Morgan fingerprint density at radius 1 is 1.00 bits per heavy atom. The maximum absolute atomic E-state index is 5.38. The van der Waals surface area contributed by atoms with Gasteiger partial charge in [0.2, 0.25) is 5.95 Å². The maximum atomic E-state index is 5.38. The Hall–Kier alpha value is -3.26. The van der Waals surface area contributed by atoms with Gasteiger partial charge in [0.15, 0.2) is 5.82 Å². The van der Waals surface area contributed by atoms with E-state index in [1.165, 1.54) is 7.11 Å². The Labute approximate surface area is 157 Å². The van der Waals surface area contributed by atoms with Crippen LogP contribution in [0.4, 0.5) is 17.5 Å². The molecular formula is C19H20N6O2. The molecule has 0 radical (unpaired) electrons. The quantitative estimate of drug-likeness (QED) is 0.739. The van der Waals surface area contributed by atoms with Crippen LogP contribution < -0.4 is 15.0 Å². The van der Waals surface area contributed by atoms with Crippen molar-refractivity contribution in [3.05, 3.63) is 48.7 Å². The molecule has 1 aliphatic rings. The summed E-state index contributed by atoms with van der Waals surface area (Å²) in [5.41, 5.74) is 1.68. The molecule has 0 saturated carbocycles. The molecule has 0 amide bonds. The van der Waals surface area contributed by atoms with Gasteiger partial charge in [-0.25, -0.2) is 4.98 Å². The third-order valence-electron chi connectivity index (χ3n) is 4.17. The van der Waals surface area contributed by atoms with E-state index in [1.54, 1.807) is 6.20 Å². The molecule has 0 spiro atoms. The number of hydrogen-bond donors (Lipinski definition) is 1. The van der Waals surface area contributed by atoms with Crippen molar-refractivity contribution < 1.29 is 9.47 Å². The van der Waals surface area contributed by atoms with Gasteiger partial charge in [-0.3, -0.25) is 0 Å². The molecule has 4 rings (SSSR count). The Balaban J connectivity index is 1.59. The Bertz CT molecular complexity index is 882. The van der Waals surface area contributed by atoms with E-state index in [1.807, 2.05) is 42.5 Å². The summed E-state index contributed by atoms with van der Waals surface area (Å²) in [6, 6.07) is 13.9. The lowest BCUT2D eigenvalue weighted by Crippen LogP contribution is -2.36. The summed E-state index contributed by atoms with van der Waals surface area (Å²) in [5, 5.41) is 3.17. The maximum Gasteiger partial charge on any atom is 0.321 e. The molecule has 1 aromatic carbocycles. The fraction of sp³-hybridized carbons (Fsp3) is 0.263. The van der Waals surface area contributed by atoms with Crippen molar-refractivity contribution in [1.29, 1.82) is 0 Å². The van der Waals surface area contributed by atoms with Gasteiger partial charge in [0.1, 0.15) is 5.82 Å². The van der Waals surface area contributed by atoms with Gasteiger partial charge < -0.3 is 19.7 Å². The van der Waals surface area contributed by atoms with Gasteiger partial charge in [-0.15, -0.1) is 0 Å².